The molecule has 0 saturated carbocycles. The standard InChI is InChI=1S/C14H12F3NO3/c15-14(16,17)13(20)18(11-8-4-5-9-11)21-12(19)10-6-2-1-3-7-10/h1-3,6-8H,4-5,9H2. The van der Waals surface area contributed by atoms with E-state index in [1.807, 2.05) is 0 Å². The van der Waals surface area contributed by atoms with Crippen LogP contribution in [-0.2, 0) is 9.63 Å². The molecule has 0 aromatic heterocycles. The Morgan fingerprint density at radius 1 is 1.14 bits per heavy atom. The summed E-state index contributed by atoms with van der Waals surface area (Å²) in [6.45, 7) is 0. The summed E-state index contributed by atoms with van der Waals surface area (Å²) in [4.78, 5) is 27.9. The maximum absolute atomic E-state index is 12.6. The number of hydrogen-bond acceptors (Lipinski definition) is 3. The Kier molecular flexibility index (Phi) is 4.30. The van der Waals surface area contributed by atoms with Crippen LogP contribution in [0.4, 0.5) is 13.2 Å². The van der Waals surface area contributed by atoms with Crippen LogP contribution >= 0.6 is 0 Å². The number of nitrogens with zero attached hydrogens (tertiary/aromatic N) is 1. The molecular weight excluding hydrogens is 287 g/mol. The van der Waals surface area contributed by atoms with Gasteiger partial charge in [0.2, 0.25) is 0 Å². The third-order valence-corrected chi connectivity index (χ3v) is 2.89. The van der Waals surface area contributed by atoms with Gasteiger partial charge in [-0.1, -0.05) is 24.3 Å². The number of carbonyl (C=O) groups is 2. The molecule has 0 bridgehead atoms. The molecule has 0 spiro atoms. The van der Waals surface area contributed by atoms with Gasteiger partial charge < -0.3 is 4.84 Å². The molecule has 1 amide bonds. The number of allylic oxidation sites excluding steroid dienone is 2. The fourth-order valence-electron chi connectivity index (χ4n) is 1.89. The molecule has 1 aliphatic rings. The zero-order chi connectivity index (χ0) is 15.5. The first-order chi connectivity index (χ1) is 9.89. The molecule has 0 unspecified atom stereocenters. The summed E-state index contributed by atoms with van der Waals surface area (Å²) in [5.74, 6) is -3.22. The van der Waals surface area contributed by atoms with Crippen molar-refractivity contribution in [3.05, 3.63) is 47.7 Å². The van der Waals surface area contributed by atoms with Crippen molar-refractivity contribution in [2.45, 2.75) is 25.4 Å². The summed E-state index contributed by atoms with van der Waals surface area (Å²) in [6.07, 6.45) is -2.24. The molecule has 7 heteroatoms. The summed E-state index contributed by atoms with van der Waals surface area (Å²) in [5, 5.41) is 0.0579. The molecule has 0 radical (unpaired) electrons. The van der Waals surface area contributed by atoms with Crippen molar-refractivity contribution in [2.75, 3.05) is 0 Å². The van der Waals surface area contributed by atoms with E-state index in [0.717, 1.165) is 0 Å². The molecule has 112 valence electrons. The lowest BCUT2D eigenvalue weighted by Crippen LogP contribution is -2.41. The van der Waals surface area contributed by atoms with Gasteiger partial charge in [0.15, 0.2) is 0 Å². The lowest BCUT2D eigenvalue weighted by atomic mass is 10.2. The van der Waals surface area contributed by atoms with Crippen LogP contribution in [0.1, 0.15) is 29.6 Å². The van der Waals surface area contributed by atoms with Crippen LogP contribution in [0.25, 0.3) is 0 Å². The summed E-state index contributed by atoms with van der Waals surface area (Å²) in [7, 11) is 0. The normalized spacial score (nSPS) is 14.5. The van der Waals surface area contributed by atoms with Gasteiger partial charge in [-0.2, -0.15) is 13.2 Å². The van der Waals surface area contributed by atoms with E-state index >= 15 is 0 Å². The van der Waals surface area contributed by atoms with Crippen molar-refractivity contribution in [1.29, 1.82) is 0 Å². The van der Waals surface area contributed by atoms with E-state index < -0.39 is 18.1 Å². The average molecular weight is 299 g/mol. The minimum Gasteiger partial charge on any atom is -0.328 e. The van der Waals surface area contributed by atoms with Gasteiger partial charge in [-0.3, -0.25) is 4.79 Å². The number of carbonyl (C=O) groups excluding carboxylic acids is 2. The van der Waals surface area contributed by atoms with E-state index in [1.54, 1.807) is 18.2 Å². The molecule has 1 aromatic rings. The molecule has 4 nitrogen and oxygen atoms in total. The smallest absolute Gasteiger partial charge is 0.328 e. The summed E-state index contributed by atoms with van der Waals surface area (Å²) in [5.41, 5.74) is 0.123. The van der Waals surface area contributed by atoms with Gasteiger partial charge in [-0.15, -0.1) is 5.06 Å². The van der Waals surface area contributed by atoms with Crippen LogP contribution in [0.3, 0.4) is 0 Å². The molecule has 21 heavy (non-hydrogen) atoms. The number of hydrogen-bond donors (Lipinski definition) is 0. The fraction of sp³-hybridized carbons (Fsp3) is 0.286. The van der Waals surface area contributed by atoms with E-state index in [2.05, 4.69) is 4.84 Å². The maximum atomic E-state index is 12.6. The lowest BCUT2D eigenvalue weighted by Gasteiger charge is -2.23. The fourth-order valence-corrected chi connectivity index (χ4v) is 1.89. The van der Waals surface area contributed by atoms with E-state index in [-0.39, 0.29) is 22.7 Å². The van der Waals surface area contributed by atoms with Crippen LogP contribution in [-0.4, -0.2) is 23.1 Å². The van der Waals surface area contributed by atoms with Crippen LogP contribution in [0.2, 0.25) is 0 Å². The van der Waals surface area contributed by atoms with Gasteiger partial charge in [-0.05, 0) is 31.4 Å². The van der Waals surface area contributed by atoms with Crippen LogP contribution < -0.4 is 0 Å². The highest BCUT2D eigenvalue weighted by atomic mass is 19.4. The largest absolute Gasteiger partial charge is 0.474 e. The Morgan fingerprint density at radius 2 is 1.81 bits per heavy atom. The van der Waals surface area contributed by atoms with Gasteiger partial charge in [0.1, 0.15) is 0 Å². The predicted octanol–water partition coefficient (Wildman–Crippen LogP) is 3.22. The second-order valence-corrected chi connectivity index (χ2v) is 4.43. The molecule has 0 saturated heterocycles. The molecule has 1 aliphatic carbocycles. The van der Waals surface area contributed by atoms with Crippen molar-refractivity contribution >= 4 is 11.9 Å². The Bertz CT molecular complexity index is 567. The second kappa shape index (κ2) is 5.99. The van der Waals surface area contributed by atoms with Crippen LogP contribution in [0.5, 0.6) is 0 Å². The predicted molar refractivity (Wildman–Crippen MR) is 66.7 cm³/mol. The Morgan fingerprint density at radius 3 is 2.33 bits per heavy atom. The van der Waals surface area contributed by atoms with Gasteiger partial charge in [0.05, 0.1) is 11.3 Å². The third-order valence-electron chi connectivity index (χ3n) is 2.89. The molecule has 0 fully saturated rings. The van der Waals surface area contributed by atoms with Crippen molar-refractivity contribution in [3.8, 4) is 0 Å². The van der Waals surface area contributed by atoms with Crippen molar-refractivity contribution in [2.24, 2.45) is 0 Å². The quantitative estimate of drug-likeness (QED) is 0.788. The Balaban J connectivity index is 2.21. The van der Waals surface area contributed by atoms with Crippen molar-refractivity contribution in [3.63, 3.8) is 0 Å². The SMILES string of the molecule is O=C(ON(C(=O)C(F)(F)F)C1=CCCC1)c1ccccc1. The molecule has 2 rings (SSSR count). The molecule has 0 N–H and O–H groups in total. The minimum absolute atomic E-state index is 0.0570. The summed E-state index contributed by atoms with van der Waals surface area (Å²) >= 11 is 0. The summed E-state index contributed by atoms with van der Waals surface area (Å²) < 4.78 is 37.8. The number of alkyl halides is 3. The van der Waals surface area contributed by atoms with Crippen LogP contribution in [0, 0.1) is 0 Å². The van der Waals surface area contributed by atoms with Crippen LogP contribution in [0.15, 0.2) is 42.1 Å². The van der Waals surface area contributed by atoms with Gasteiger partial charge in [0, 0.05) is 0 Å². The minimum atomic E-state index is -5.11. The maximum Gasteiger partial charge on any atom is 0.474 e. The molecule has 0 heterocycles. The first kappa shape index (κ1) is 15.1. The third kappa shape index (κ3) is 3.62. The average Bonchev–Trinajstić information content (AvgIpc) is 2.97. The van der Waals surface area contributed by atoms with Gasteiger partial charge >= 0.3 is 18.1 Å². The second-order valence-electron chi connectivity index (χ2n) is 4.43. The van der Waals surface area contributed by atoms with Crippen molar-refractivity contribution < 1.29 is 27.6 Å². The van der Waals surface area contributed by atoms with Gasteiger partial charge in [0.25, 0.3) is 0 Å². The van der Waals surface area contributed by atoms with E-state index in [1.165, 1.54) is 18.2 Å². The number of benzene rings is 1. The monoisotopic (exact) mass is 299 g/mol. The van der Waals surface area contributed by atoms with Gasteiger partial charge in [-0.25, -0.2) is 4.79 Å². The highest BCUT2D eigenvalue weighted by Crippen LogP contribution is 2.28. The number of hydroxylamine groups is 2. The zero-order valence-corrected chi connectivity index (χ0v) is 10.9. The highest BCUT2D eigenvalue weighted by molar-refractivity contribution is 5.91. The lowest BCUT2D eigenvalue weighted by molar-refractivity contribution is -0.209. The number of rotatable bonds is 2. The zero-order valence-electron chi connectivity index (χ0n) is 10.9. The first-order valence-corrected chi connectivity index (χ1v) is 6.27. The molecule has 1 aromatic carbocycles. The Hall–Kier alpha value is -2.31. The molecular formula is C14H12F3NO3. The summed E-state index contributed by atoms with van der Waals surface area (Å²) in [6, 6.07) is 7.51. The highest BCUT2D eigenvalue weighted by Gasteiger charge is 2.46. The molecule has 0 aliphatic heterocycles. The topological polar surface area (TPSA) is 46.6 Å². The van der Waals surface area contributed by atoms with Crippen molar-refractivity contribution in [1.82, 2.24) is 5.06 Å². The first-order valence-electron chi connectivity index (χ1n) is 6.27. The number of halogens is 3. The van der Waals surface area contributed by atoms with E-state index in [9.17, 15) is 22.8 Å². The van der Waals surface area contributed by atoms with E-state index in [4.69, 9.17) is 0 Å². The van der Waals surface area contributed by atoms with E-state index in [0.29, 0.717) is 12.8 Å². The Labute approximate surface area is 118 Å². The number of amides is 1. The molecule has 0 atom stereocenters.